The molecule has 21 heavy (non-hydrogen) atoms. The third-order valence-electron chi connectivity index (χ3n) is 2.95. The zero-order chi connectivity index (χ0) is 15.1. The molecule has 0 aliphatic carbocycles. The second-order valence-electron chi connectivity index (χ2n) is 4.52. The van der Waals surface area contributed by atoms with E-state index in [1.165, 1.54) is 11.8 Å². The summed E-state index contributed by atoms with van der Waals surface area (Å²) in [5.41, 5.74) is 0.942. The van der Waals surface area contributed by atoms with Gasteiger partial charge in [-0.1, -0.05) is 24.3 Å². The van der Waals surface area contributed by atoms with Gasteiger partial charge in [-0.05, 0) is 30.9 Å². The Bertz CT molecular complexity index is 573. The highest BCUT2D eigenvalue weighted by Gasteiger charge is 2.10. The van der Waals surface area contributed by atoms with Crippen LogP contribution in [0.5, 0.6) is 11.6 Å². The van der Waals surface area contributed by atoms with E-state index in [0.29, 0.717) is 12.4 Å². The van der Waals surface area contributed by atoms with E-state index in [2.05, 4.69) is 10.3 Å². The molecule has 1 aromatic heterocycles. The van der Waals surface area contributed by atoms with Crippen LogP contribution in [0.3, 0.4) is 0 Å². The number of benzene rings is 1. The van der Waals surface area contributed by atoms with Crippen molar-refractivity contribution >= 4 is 17.7 Å². The Balaban J connectivity index is 1.89. The van der Waals surface area contributed by atoms with Crippen molar-refractivity contribution in [1.82, 2.24) is 10.3 Å². The van der Waals surface area contributed by atoms with Crippen molar-refractivity contribution < 1.29 is 9.53 Å². The van der Waals surface area contributed by atoms with Crippen molar-refractivity contribution in [3.8, 4) is 11.6 Å². The number of amides is 1. The molecule has 4 nitrogen and oxygen atoms in total. The molecule has 0 aliphatic heterocycles. The van der Waals surface area contributed by atoms with E-state index in [4.69, 9.17) is 4.74 Å². The number of carbonyl (C=O) groups is 1. The van der Waals surface area contributed by atoms with Crippen LogP contribution in [0.25, 0.3) is 0 Å². The van der Waals surface area contributed by atoms with Crippen molar-refractivity contribution in [1.29, 1.82) is 0 Å². The van der Waals surface area contributed by atoms with E-state index in [1.54, 1.807) is 12.3 Å². The number of rotatable bonds is 6. The van der Waals surface area contributed by atoms with Gasteiger partial charge in [0.15, 0.2) is 0 Å². The molecule has 110 valence electrons. The van der Waals surface area contributed by atoms with Gasteiger partial charge in [-0.25, -0.2) is 4.98 Å². The van der Waals surface area contributed by atoms with E-state index in [1.807, 2.05) is 49.6 Å². The number of hydrogen-bond donors (Lipinski definition) is 1. The predicted octanol–water partition coefficient (Wildman–Crippen LogP) is 3.24. The molecule has 0 saturated heterocycles. The Morgan fingerprint density at radius 1 is 1.29 bits per heavy atom. The molecule has 0 unspecified atom stereocenters. The Morgan fingerprint density at radius 3 is 2.67 bits per heavy atom. The molecule has 2 aromatic rings. The number of nitrogens with one attached hydrogen (secondary N) is 1. The van der Waals surface area contributed by atoms with Crippen LogP contribution in [-0.4, -0.2) is 22.4 Å². The first-order valence-electron chi connectivity index (χ1n) is 6.67. The number of aromatic nitrogens is 1. The first-order valence-corrected chi connectivity index (χ1v) is 7.96. The number of para-hydroxylation sites is 1. The van der Waals surface area contributed by atoms with Gasteiger partial charge in [0, 0.05) is 18.8 Å². The molecule has 1 atom stereocenters. The highest BCUT2D eigenvalue weighted by molar-refractivity contribution is 7.99. The summed E-state index contributed by atoms with van der Waals surface area (Å²) in [6.07, 6.45) is 3.63. The van der Waals surface area contributed by atoms with Gasteiger partial charge >= 0.3 is 0 Å². The summed E-state index contributed by atoms with van der Waals surface area (Å²) in [5, 5.41) is 2.84. The highest BCUT2D eigenvalue weighted by atomic mass is 32.2. The minimum absolute atomic E-state index is 0.0344. The van der Waals surface area contributed by atoms with Gasteiger partial charge in [0.2, 0.25) is 11.8 Å². The Morgan fingerprint density at radius 2 is 2.05 bits per heavy atom. The summed E-state index contributed by atoms with van der Waals surface area (Å²) in [6, 6.07) is 13.2. The molecule has 0 spiro atoms. The largest absolute Gasteiger partial charge is 0.439 e. The molecular formula is C16H18N2O2S. The zero-order valence-corrected chi connectivity index (χ0v) is 12.9. The van der Waals surface area contributed by atoms with Gasteiger partial charge in [-0.3, -0.25) is 4.79 Å². The quantitative estimate of drug-likeness (QED) is 0.890. The molecule has 0 fully saturated rings. The second-order valence-corrected chi connectivity index (χ2v) is 5.69. The minimum Gasteiger partial charge on any atom is -0.439 e. The fraction of sp³-hybridized carbons (Fsp3) is 0.250. The van der Waals surface area contributed by atoms with Crippen LogP contribution in [0, 0.1) is 0 Å². The van der Waals surface area contributed by atoms with Crippen molar-refractivity contribution in [3.05, 3.63) is 54.2 Å². The van der Waals surface area contributed by atoms with Crippen LogP contribution in [0.4, 0.5) is 0 Å². The average molecular weight is 302 g/mol. The Labute approximate surface area is 128 Å². The summed E-state index contributed by atoms with van der Waals surface area (Å²) in [5.74, 6) is 1.32. The molecule has 0 bridgehead atoms. The summed E-state index contributed by atoms with van der Waals surface area (Å²) >= 11 is 1.52. The first kappa shape index (κ1) is 15.4. The number of nitrogens with zero attached hydrogens (tertiary/aromatic N) is 1. The molecular weight excluding hydrogens is 284 g/mol. The van der Waals surface area contributed by atoms with Crippen LogP contribution < -0.4 is 10.1 Å². The lowest BCUT2D eigenvalue weighted by Crippen LogP contribution is -2.30. The van der Waals surface area contributed by atoms with E-state index < -0.39 is 0 Å². The van der Waals surface area contributed by atoms with Crippen LogP contribution in [0.2, 0.25) is 0 Å². The fourth-order valence-electron chi connectivity index (χ4n) is 1.63. The number of pyridine rings is 1. The van der Waals surface area contributed by atoms with Crippen molar-refractivity contribution in [2.45, 2.75) is 18.7 Å². The SMILES string of the molecule is CS[C@@H](C)C(=O)NCc1ccc(Oc2ccccc2)nc1. The molecule has 0 radical (unpaired) electrons. The normalized spacial score (nSPS) is 11.7. The average Bonchev–Trinajstić information content (AvgIpc) is 2.54. The number of thioether (sulfide) groups is 1. The van der Waals surface area contributed by atoms with E-state index in [9.17, 15) is 4.79 Å². The molecule has 1 aromatic carbocycles. The standard InChI is InChI=1S/C16H18N2O2S/c1-12(21-2)16(19)18-11-13-8-9-15(17-10-13)20-14-6-4-3-5-7-14/h3-10,12H,11H2,1-2H3,(H,18,19)/t12-/m0/s1. The van der Waals surface area contributed by atoms with Crippen LogP contribution in [-0.2, 0) is 11.3 Å². The molecule has 5 heteroatoms. The molecule has 1 heterocycles. The van der Waals surface area contributed by atoms with Crippen LogP contribution in [0.15, 0.2) is 48.7 Å². The smallest absolute Gasteiger partial charge is 0.233 e. The summed E-state index contributed by atoms with van der Waals surface area (Å²) in [7, 11) is 0. The molecule has 0 saturated carbocycles. The second kappa shape index (κ2) is 7.69. The summed E-state index contributed by atoms with van der Waals surface area (Å²) in [6.45, 7) is 2.36. The lowest BCUT2D eigenvalue weighted by Gasteiger charge is -2.10. The number of ether oxygens (including phenoxy) is 1. The molecule has 2 rings (SSSR count). The van der Waals surface area contributed by atoms with Crippen molar-refractivity contribution in [2.75, 3.05) is 6.26 Å². The van der Waals surface area contributed by atoms with Gasteiger partial charge in [0.25, 0.3) is 0 Å². The van der Waals surface area contributed by atoms with E-state index >= 15 is 0 Å². The van der Waals surface area contributed by atoms with Crippen molar-refractivity contribution in [3.63, 3.8) is 0 Å². The topological polar surface area (TPSA) is 51.2 Å². The number of carbonyl (C=O) groups excluding carboxylic acids is 1. The van der Waals surface area contributed by atoms with Gasteiger partial charge in [-0.15, -0.1) is 0 Å². The summed E-state index contributed by atoms with van der Waals surface area (Å²) in [4.78, 5) is 15.9. The van der Waals surface area contributed by atoms with E-state index in [0.717, 1.165) is 11.3 Å². The van der Waals surface area contributed by atoms with Gasteiger partial charge in [-0.2, -0.15) is 11.8 Å². The van der Waals surface area contributed by atoms with E-state index in [-0.39, 0.29) is 11.2 Å². The van der Waals surface area contributed by atoms with Crippen molar-refractivity contribution in [2.24, 2.45) is 0 Å². The molecule has 1 N–H and O–H groups in total. The highest BCUT2D eigenvalue weighted by Crippen LogP contribution is 2.18. The number of hydrogen-bond acceptors (Lipinski definition) is 4. The third-order valence-corrected chi connectivity index (χ3v) is 3.87. The first-order chi connectivity index (χ1) is 10.2. The molecule has 0 aliphatic rings. The maximum atomic E-state index is 11.7. The van der Waals surface area contributed by atoms with Gasteiger partial charge in [0.1, 0.15) is 5.75 Å². The predicted molar refractivity (Wildman–Crippen MR) is 85.6 cm³/mol. The lowest BCUT2D eigenvalue weighted by atomic mass is 10.3. The summed E-state index contributed by atoms with van der Waals surface area (Å²) < 4.78 is 5.61. The maximum Gasteiger partial charge on any atom is 0.233 e. The maximum absolute atomic E-state index is 11.7. The zero-order valence-electron chi connectivity index (χ0n) is 12.1. The minimum atomic E-state index is -0.0429. The Hall–Kier alpha value is -2.01. The fourth-order valence-corrected chi connectivity index (χ4v) is 1.92. The third kappa shape index (κ3) is 4.79. The Kier molecular flexibility index (Phi) is 5.63. The lowest BCUT2D eigenvalue weighted by molar-refractivity contribution is -0.120. The van der Waals surface area contributed by atoms with Gasteiger partial charge < -0.3 is 10.1 Å². The molecule has 1 amide bonds. The monoisotopic (exact) mass is 302 g/mol. The van der Waals surface area contributed by atoms with Crippen LogP contribution >= 0.6 is 11.8 Å². The van der Waals surface area contributed by atoms with Gasteiger partial charge in [0.05, 0.1) is 5.25 Å². The van der Waals surface area contributed by atoms with Crippen LogP contribution in [0.1, 0.15) is 12.5 Å².